The summed E-state index contributed by atoms with van der Waals surface area (Å²) in [6.45, 7) is 8.68. The number of hydrogen-bond acceptors (Lipinski definition) is 3. The van der Waals surface area contributed by atoms with Crippen LogP contribution in [-0.2, 0) is 16.1 Å². The lowest BCUT2D eigenvalue weighted by Crippen LogP contribution is -2.44. The highest BCUT2D eigenvalue weighted by molar-refractivity contribution is 6.01. The average Bonchev–Trinajstić information content (AvgIpc) is 2.65. The van der Waals surface area contributed by atoms with E-state index < -0.39 is 29.5 Å². The number of nitrogens with zero attached hydrogens (tertiary/aromatic N) is 1. The molecule has 0 saturated heterocycles. The summed E-state index contributed by atoms with van der Waals surface area (Å²) >= 11 is 0. The number of hydrogen-bond donors (Lipinski definition) is 1. The number of ether oxygens (including phenoxy) is 1. The van der Waals surface area contributed by atoms with Gasteiger partial charge in [-0.2, -0.15) is 0 Å². The number of anilines is 2. The molecule has 3 rings (SSSR count). The summed E-state index contributed by atoms with van der Waals surface area (Å²) in [6.07, 6.45) is -0.797. The third-order valence-corrected chi connectivity index (χ3v) is 4.88. The van der Waals surface area contributed by atoms with Gasteiger partial charge in [-0.15, -0.1) is 0 Å². The quantitative estimate of drug-likeness (QED) is 0.703. The normalized spacial score (nSPS) is 16.1. The van der Waals surface area contributed by atoms with E-state index in [4.69, 9.17) is 4.74 Å². The van der Waals surface area contributed by atoms with Gasteiger partial charge in [0.2, 0.25) is 5.91 Å². The molecular formula is C23H27F3N2O3. The van der Waals surface area contributed by atoms with Gasteiger partial charge in [0.1, 0.15) is 0 Å². The first kappa shape index (κ1) is 22.7. The second kappa shape index (κ2) is 8.24. The topological polar surface area (TPSA) is 58.6 Å². The van der Waals surface area contributed by atoms with Crippen molar-refractivity contribution in [3.8, 4) is 5.75 Å². The predicted octanol–water partition coefficient (Wildman–Crippen LogP) is 5.35. The van der Waals surface area contributed by atoms with E-state index in [1.165, 1.54) is 24.0 Å². The Bertz CT molecular complexity index is 1050. The zero-order valence-electron chi connectivity index (χ0n) is 18.1. The van der Waals surface area contributed by atoms with E-state index in [0.29, 0.717) is 11.1 Å². The summed E-state index contributed by atoms with van der Waals surface area (Å²) in [7, 11) is 0. The molecule has 0 radical (unpaired) electrons. The molecule has 0 aliphatic carbocycles. The number of rotatable bonds is 4. The lowest BCUT2D eigenvalue weighted by molar-refractivity contribution is -0.125. The molecule has 0 bridgehead atoms. The molecule has 0 saturated carbocycles. The molecule has 1 heterocycles. The highest BCUT2D eigenvalue weighted by atomic mass is 19.2. The first-order chi connectivity index (χ1) is 14.4. The molecule has 168 valence electrons. The summed E-state index contributed by atoms with van der Waals surface area (Å²) in [5.74, 6) is -3.78. The Balaban J connectivity index is 0.00000363. The van der Waals surface area contributed by atoms with Gasteiger partial charge in [-0.25, -0.2) is 13.2 Å². The molecule has 1 unspecified atom stereocenters. The van der Waals surface area contributed by atoms with Crippen LogP contribution in [0.5, 0.6) is 5.75 Å². The van der Waals surface area contributed by atoms with Crippen LogP contribution in [0.3, 0.4) is 0 Å². The number of amides is 2. The lowest BCUT2D eigenvalue weighted by Gasteiger charge is -2.34. The molecular weight excluding hydrogens is 409 g/mol. The largest absolute Gasteiger partial charge is 0.476 e. The van der Waals surface area contributed by atoms with Crippen molar-refractivity contribution < 1.29 is 28.9 Å². The van der Waals surface area contributed by atoms with Crippen LogP contribution in [0.25, 0.3) is 0 Å². The molecule has 0 aromatic heterocycles. The molecule has 2 aromatic rings. The molecule has 1 aliphatic heterocycles. The maximum Gasteiger partial charge on any atom is 0.268 e. The monoisotopic (exact) mass is 436 g/mol. The second-order valence-corrected chi connectivity index (χ2v) is 8.95. The molecule has 1 aliphatic rings. The van der Waals surface area contributed by atoms with E-state index in [0.717, 1.165) is 12.1 Å². The number of aryl methyl sites for hydroxylation is 1. The predicted molar refractivity (Wildman–Crippen MR) is 114 cm³/mol. The maximum absolute atomic E-state index is 15.4. The summed E-state index contributed by atoms with van der Waals surface area (Å²) in [6, 6.07) is 4.86. The van der Waals surface area contributed by atoms with Crippen molar-refractivity contribution in [2.75, 3.05) is 10.2 Å². The van der Waals surface area contributed by atoms with E-state index in [-0.39, 0.29) is 42.8 Å². The Hall–Kier alpha value is -3.03. The smallest absolute Gasteiger partial charge is 0.268 e. The third kappa shape index (κ3) is 4.84. The van der Waals surface area contributed by atoms with Gasteiger partial charge in [-0.1, -0.05) is 26.8 Å². The molecule has 0 spiro atoms. The number of benzene rings is 2. The molecule has 1 N–H and O–H groups in total. The van der Waals surface area contributed by atoms with Crippen LogP contribution in [0.2, 0.25) is 0 Å². The van der Waals surface area contributed by atoms with Gasteiger partial charge >= 0.3 is 0 Å². The van der Waals surface area contributed by atoms with Crippen molar-refractivity contribution >= 4 is 23.2 Å². The molecule has 31 heavy (non-hydrogen) atoms. The SMILES string of the molecule is Cc1cc2c(c(F)c1NC(=O)CC(C)(C)C)OC(C)C(=O)N2Cc1ccc(F)c(F)c1.[HH]. The maximum atomic E-state index is 15.4. The van der Waals surface area contributed by atoms with Crippen LogP contribution in [0.4, 0.5) is 24.5 Å². The Labute approximate surface area is 180 Å². The van der Waals surface area contributed by atoms with Gasteiger partial charge in [0, 0.05) is 7.85 Å². The highest BCUT2D eigenvalue weighted by Gasteiger charge is 2.35. The van der Waals surface area contributed by atoms with Crippen molar-refractivity contribution in [2.45, 2.75) is 53.7 Å². The number of halogens is 3. The standard InChI is InChI=1S/C23H25F3N2O3.H2/c1-12-8-17-21(19(26)20(12)27-18(29)10-23(3,4)5)31-13(2)22(30)28(17)11-14-6-7-15(24)16(25)9-14;/h6-9,13H,10-11H2,1-5H3,(H,27,29);1H. The summed E-state index contributed by atoms with van der Waals surface area (Å²) < 4.78 is 47.7. The fourth-order valence-corrected chi connectivity index (χ4v) is 3.42. The Morgan fingerprint density at radius 2 is 1.87 bits per heavy atom. The van der Waals surface area contributed by atoms with Gasteiger partial charge in [-0.05, 0) is 48.6 Å². The van der Waals surface area contributed by atoms with Crippen molar-refractivity contribution in [1.29, 1.82) is 0 Å². The van der Waals surface area contributed by atoms with E-state index in [1.54, 1.807) is 6.92 Å². The number of nitrogens with one attached hydrogen (secondary N) is 1. The summed E-state index contributed by atoms with van der Waals surface area (Å²) in [5.41, 5.74) is 0.619. The Kier molecular flexibility index (Phi) is 6.02. The molecule has 5 nitrogen and oxygen atoms in total. The summed E-state index contributed by atoms with van der Waals surface area (Å²) in [5, 5.41) is 2.60. The van der Waals surface area contributed by atoms with Gasteiger partial charge in [-0.3, -0.25) is 9.59 Å². The third-order valence-electron chi connectivity index (χ3n) is 4.88. The number of fused-ring (bicyclic) bond motifs is 1. The van der Waals surface area contributed by atoms with Crippen LogP contribution in [0.15, 0.2) is 24.3 Å². The Morgan fingerprint density at radius 3 is 2.48 bits per heavy atom. The van der Waals surface area contributed by atoms with Crippen LogP contribution < -0.4 is 15.0 Å². The zero-order chi connectivity index (χ0) is 23.1. The average molecular weight is 436 g/mol. The van der Waals surface area contributed by atoms with Crippen LogP contribution in [-0.4, -0.2) is 17.9 Å². The van der Waals surface area contributed by atoms with Gasteiger partial charge < -0.3 is 15.0 Å². The highest BCUT2D eigenvalue weighted by Crippen LogP contribution is 2.42. The molecule has 8 heteroatoms. The molecule has 1 atom stereocenters. The molecule has 0 fully saturated rings. The van der Waals surface area contributed by atoms with Crippen molar-refractivity contribution in [3.63, 3.8) is 0 Å². The van der Waals surface area contributed by atoms with Gasteiger partial charge in [0.05, 0.1) is 17.9 Å². The van der Waals surface area contributed by atoms with Gasteiger partial charge in [0.25, 0.3) is 5.91 Å². The minimum atomic E-state index is -1.04. The van der Waals surface area contributed by atoms with E-state index >= 15 is 4.39 Å². The van der Waals surface area contributed by atoms with Crippen molar-refractivity contribution in [3.05, 3.63) is 52.8 Å². The fraction of sp³-hybridized carbons (Fsp3) is 0.391. The van der Waals surface area contributed by atoms with E-state index in [9.17, 15) is 18.4 Å². The van der Waals surface area contributed by atoms with Crippen molar-refractivity contribution in [2.24, 2.45) is 5.41 Å². The van der Waals surface area contributed by atoms with Crippen LogP contribution in [0.1, 0.15) is 46.7 Å². The summed E-state index contributed by atoms with van der Waals surface area (Å²) in [4.78, 5) is 26.3. The number of carbonyl (C=O) groups is 2. The first-order valence-electron chi connectivity index (χ1n) is 9.92. The molecule has 2 aromatic carbocycles. The first-order valence-corrected chi connectivity index (χ1v) is 9.92. The minimum Gasteiger partial charge on any atom is -0.476 e. The number of carbonyl (C=O) groups excluding carboxylic acids is 2. The van der Waals surface area contributed by atoms with Crippen molar-refractivity contribution in [1.82, 2.24) is 0 Å². The fourth-order valence-electron chi connectivity index (χ4n) is 3.42. The van der Waals surface area contributed by atoms with Gasteiger partial charge in [0.15, 0.2) is 29.3 Å². The zero-order valence-corrected chi connectivity index (χ0v) is 18.1. The van der Waals surface area contributed by atoms with E-state index in [2.05, 4.69) is 5.32 Å². The second-order valence-electron chi connectivity index (χ2n) is 8.95. The van der Waals surface area contributed by atoms with Crippen LogP contribution >= 0.6 is 0 Å². The van der Waals surface area contributed by atoms with E-state index in [1.807, 2.05) is 20.8 Å². The molecule has 2 amide bonds. The lowest BCUT2D eigenvalue weighted by atomic mass is 9.92. The van der Waals surface area contributed by atoms with Crippen LogP contribution in [0, 0.1) is 29.8 Å². The minimum absolute atomic E-state index is 0. The Morgan fingerprint density at radius 1 is 1.19 bits per heavy atom.